The van der Waals surface area contributed by atoms with Crippen LogP contribution in [0.1, 0.15) is 45.1 Å². The second-order valence-electron chi connectivity index (χ2n) is 10.4. The Morgan fingerprint density at radius 3 is 2.41 bits per heavy atom. The van der Waals surface area contributed by atoms with Crippen LogP contribution in [0.15, 0.2) is 59.5 Å². The predicted molar refractivity (Wildman–Crippen MR) is 154 cm³/mol. The minimum atomic E-state index is -4.05. The molecule has 1 aliphatic rings. The van der Waals surface area contributed by atoms with Crippen LogP contribution in [-0.2, 0) is 30.7 Å². The number of rotatable bonds is 16. The highest BCUT2D eigenvalue weighted by Crippen LogP contribution is 2.24. The van der Waals surface area contributed by atoms with Crippen LogP contribution in [0.25, 0.3) is 0 Å². The van der Waals surface area contributed by atoms with E-state index in [-0.39, 0.29) is 42.2 Å². The van der Waals surface area contributed by atoms with Gasteiger partial charge in [-0.3, -0.25) is 0 Å². The third-order valence-corrected chi connectivity index (χ3v) is 9.11. The second-order valence-corrected chi connectivity index (χ2v) is 12.3. The fourth-order valence-electron chi connectivity index (χ4n) is 4.72. The van der Waals surface area contributed by atoms with Gasteiger partial charge in [-0.15, -0.1) is 0 Å². The number of ketones is 1. The number of methoxy groups -OCH3 is 1. The van der Waals surface area contributed by atoms with Gasteiger partial charge in [0.05, 0.1) is 37.4 Å². The summed E-state index contributed by atoms with van der Waals surface area (Å²) in [7, 11) is -2.55. The number of hydrogen-bond acceptors (Lipinski definition) is 8. The number of carbonyl (C=O) groups is 2. The molecular weight excluding hydrogens is 548 g/mol. The number of amides is 1. The van der Waals surface area contributed by atoms with Crippen LogP contribution < -0.4 is 10.1 Å². The Labute approximate surface area is 243 Å². The first-order valence-electron chi connectivity index (χ1n) is 14.0. The average Bonchev–Trinajstić information content (AvgIpc) is 3.47. The fourth-order valence-corrected chi connectivity index (χ4v) is 6.25. The number of aliphatic hydroxyl groups is 1. The molecule has 1 heterocycles. The highest BCUT2D eigenvalue weighted by atomic mass is 32.2. The maximum Gasteiger partial charge on any atom is 0.407 e. The Balaban J connectivity index is 1.86. The lowest BCUT2D eigenvalue weighted by molar-refractivity contribution is -0.117. The fraction of sp³-hybridized carbons (Fsp3) is 0.533. The number of alkyl carbamates (subject to hydrolysis) is 1. The van der Waals surface area contributed by atoms with Gasteiger partial charge in [0.25, 0.3) is 0 Å². The highest BCUT2D eigenvalue weighted by molar-refractivity contribution is 7.89. The normalized spacial score (nSPS) is 17.5. The molecule has 0 spiro atoms. The topological polar surface area (TPSA) is 131 Å². The van der Waals surface area contributed by atoms with E-state index < -0.39 is 28.3 Å². The van der Waals surface area contributed by atoms with Crippen molar-refractivity contribution in [1.82, 2.24) is 9.62 Å². The number of nitrogens with zero attached hydrogens (tertiary/aromatic N) is 1. The Hall–Kier alpha value is -2.99. The van der Waals surface area contributed by atoms with Crippen LogP contribution in [0.3, 0.4) is 0 Å². The van der Waals surface area contributed by atoms with Crippen molar-refractivity contribution in [3.05, 3.63) is 60.2 Å². The van der Waals surface area contributed by atoms with Crippen LogP contribution in [0.4, 0.5) is 4.79 Å². The molecule has 41 heavy (non-hydrogen) atoms. The molecule has 1 aliphatic heterocycles. The molecule has 3 rings (SSSR count). The zero-order valence-electron chi connectivity index (χ0n) is 24.0. The second kappa shape index (κ2) is 15.9. The predicted octanol–water partition coefficient (Wildman–Crippen LogP) is 3.57. The van der Waals surface area contributed by atoms with E-state index in [1.807, 2.05) is 37.3 Å². The van der Waals surface area contributed by atoms with Gasteiger partial charge < -0.3 is 29.4 Å². The van der Waals surface area contributed by atoms with Gasteiger partial charge in [-0.1, -0.05) is 43.7 Å². The van der Waals surface area contributed by atoms with Crippen LogP contribution in [0.2, 0.25) is 0 Å². The van der Waals surface area contributed by atoms with Crippen LogP contribution >= 0.6 is 0 Å². The highest BCUT2D eigenvalue weighted by Gasteiger charge is 2.33. The standard InChI is InChI=1S/C30H42N2O8S/c1-4-23(11-10-22(2)33)19-32(41(36,37)27-14-12-25(38-3)13-15-27)20-29(34)28(18-24-8-6-5-7-9-24)31-30(35)40-26-16-17-39-21-26/h5-9,12-15,23,26,28-29,34H,4,10-11,16-21H2,1-3H3,(H,31,35)/t23?,26?,28-,29?/m0/s1. The van der Waals surface area contributed by atoms with E-state index in [4.69, 9.17) is 14.2 Å². The van der Waals surface area contributed by atoms with E-state index in [0.29, 0.717) is 44.6 Å². The van der Waals surface area contributed by atoms with Crippen molar-refractivity contribution in [2.75, 3.05) is 33.4 Å². The number of benzene rings is 2. The van der Waals surface area contributed by atoms with Crippen molar-refractivity contribution in [1.29, 1.82) is 0 Å². The summed E-state index contributed by atoms with van der Waals surface area (Å²) in [5, 5.41) is 14.2. The Morgan fingerprint density at radius 1 is 1.12 bits per heavy atom. The molecule has 226 valence electrons. The van der Waals surface area contributed by atoms with Gasteiger partial charge in [0.1, 0.15) is 17.6 Å². The molecule has 0 bridgehead atoms. The van der Waals surface area contributed by atoms with E-state index in [1.165, 1.54) is 30.5 Å². The number of hydrogen-bond donors (Lipinski definition) is 2. The zero-order chi connectivity index (χ0) is 29.8. The number of nitrogens with one attached hydrogen (secondary N) is 1. The maximum atomic E-state index is 13.9. The number of ether oxygens (including phenoxy) is 3. The number of aliphatic hydroxyl groups excluding tert-OH is 1. The molecule has 1 saturated heterocycles. The molecule has 11 heteroatoms. The van der Waals surface area contributed by atoms with E-state index in [1.54, 1.807) is 12.1 Å². The Morgan fingerprint density at radius 2 is 1.83 bits per heavy atom. The molecule has 0 aliphatic carbocycles. The average molecular weight is 591 g/mol. The first-order chi connectivity index (χ1) is 19.6. The summed E-state index contributed by atoms with van der Waals surface area (Å²) in [6.45, 7) is 4.12. The van der Waals surface area contributed by atoms with Crippen molar-refractivity contribution in [3.8, 4) is 5.75 Å². The molecule has 0 radical (unpaired) electrons. The quantitative estimate of drug-likeness (QED) is 0.303. The lowest BCUT2D eigenvalue weighted by Crippen LogP contribution is -2.51. The lowest BCUT2D eigenvalue weighted by atomic mass is 9.98. The molecule has 10 nitrogen and oxygen atoms in total. The van der Waals surface area contributed by atoms with E-state index >= 15 is 0 Å². The van der Waals surface area contributed by atoms with Gasteiger partial charge in [0, 0.05) is 25.9 Å². The van der Waals surface area contributed by atoms with Crippen molar-refractivity contribution in [2.24, 2.45) is 5.92 Å². The van der Waals surface area contributed by atoms with Crippen molar-refractivity contribution in [2.45, 2.75) is 69.1 Å². The summed E-state index contributed by atoms with van der Waals surface area (Å²) in [5.41, 5.74) is 0.860. The molecule has 0 aromatic heterocycles. The molecule has 3 unspecified atom stereocenters. The third-order valence-electron chi connectivity index (χ3n) is 7.26. The molecule has 2 aromatic carbocycles. The molecule has 2 aromatic rings. The van der Waals surface area contributed by atoms with E-state index in [2.05, 4.69) is 5.32 Å². The Bertz CT molecular complexity index is 1200. The number of sulfonamides is 1. The first kappa shape index (κ1) is 32.5. The largest absolute Gasteiger partial charge is 0.497 e. The van der Waals surface area contributed by atoms with E-state index in [0.717, 1.165) is 5.56 Å². The van der Waals surface area contributed by atoms with Gasteiger partial charge in [-0.25, -0.2) is 13.2 Å². The lowest BCUT2D eigenvalue weighted by Gasteiger charge is -2.32. The summed E-state index contributed by atoms with van der Waals surface area (Å²) >= 11 is 0. The van der Waals surface area contributed by atoms with Crippen molar-refractivity contribution < 1.29 is 37.3 Å². The van der Waals surface area contributed by atoms with Gasteiger partial charge in [0.15, 0.2) is 0 Å². The summed E-state index contributed by atoms with van der Waals surface area (Å²) in [5.74, 6) is 0.445. The molecular formula is C30H42N2O8S. The molecule has 4 atom stereocenters. The molecule has 1 fully saturated rings. The van der Waals surface area contributed by atoms with Crippen LogP contribution in [-0.4, -0.2) is 81.4 Å². The van der Waals surface area contributed by atoms with Gasteiger partial charge >= 0.3 is 6.09 Å². The minimum absolute atomic E-state index is 0.0337. The van der Waals surface area contributed by atoms with Crippen molar-refractivity contribution in [3.63, 3.8) is 0 Å². The number of Topliss-reactive ketones (excluding diaryl/α,β-unsaturated/α-hetero) is 1. The molecule has 0 saturated carbocycles. The SMILES string of the molecule is CCC(CCC(C)=O)CN(CC(O)[C@H](Cc1ccccc1)NC(=O)OC1CCOC1)S(=O)(=O)c1ccc(OC)cc1. The summed E-state index contributed by atoms with van der Waals surface area (Å²) in [6.07, 6.45) is 0.0355. The van der Waals surface area contributed by atoms with Gasteiger partial charge in [0.2, 0.25) is 10.0 Å². The zero-order valence-corrected chi connectivity index (χ0v) is 24.8. The van der Waals surface area contributed by atoms with Crippen LogP contribution in [0.5, 0.6) is 5.75 Å². The molecule has 1 amide bonds. The maximum absolute atomic E-state index is 13.9. The first-order valence-corrected chi connectivity index (χ1v) is 15.5. The van der Waals surface area contributed by atoms with Gasteiger partial charge in [-0.2, -0.15) is 4.31 Å². The van der Waals surface area contributed by atoms with Crippen molar-refractivity contribution >= 4 is 21.9 Å². The summed E-state index contributed by atoms with van der Waals surface area (Å²) < 4.78 is 44.9. The monoisotopic (exact) mass is 590 g/mol. The van der Waals surface area contributed by atoms with Gasteiger partial charge in [-0.05, 0) is 55.5 Å². The summed E-state index contributed by atoms with van der Waals surface area (Å²) in [4.78, 5) is 24.5. The number of carbonyl (C=O) groups excluding carboxylic acids is 2. The summed E-state index contributed by atoms with van der Waals surface area (Å²) in [6, 6.07) is 14.5. The smallest absolute Gasteiger partial charge is 0.407 e. The minimum Gasteiger partial charge on any atom is -0.497 e. The third kappa shape index (κ3) is 10.1. The van der Waals surface area contributed by atoms with Crippen LogP contribution in [0, 0.1) is 5.92 Å². The molecule has 2 N–H and O–H groups in total. The van der Waals surface area contributed by atoms with E-state index in [9.17, 15) is 23.1 Å². The Kier molecular flexibility index (Phi) is 12.6.